The highest BCUT2D eigenvalue weighted by Crippen LogP contribution is 2.36. The van der Waals surface area contributed by atoms with E-state index in [9.17, 15) is 18.0 Å². The van der Waals surface area contributed by atoms with Crippen LogP contribution in [0.5, 0.6) is 0 Å². The summed E-state index contributed by atoms with van der Waals surface area (Å²) >= 11 is 0. The average Bonchev–Trinajstić information content (AvgIpc) is 2.77. The number of nitrogens with zero attached hydrogens (tertiary/aromatic N) is 4. The van der Waals surface area contributed by atoms with Crippen molar-refractivity contribution in [3.8, 4) is 0 Å². The molecule has 2 rings (SSSR count). The Bertz CT molecular complexity index is 449. The Kier molecular flexibility index (Phi) is 3.86. The van der Waals surface area contributed by atoms with Crippen molar-refractivity contribution in [1.29, 1.82) is 0 Å². The van der Waals surface area contributed by atoms with Crippen molar-refractivity contribution >= 4 is 5.78 Å². The van der Waals surface area contributed by atoms with Gasteiger partial charge in [-0.25, -0.2) is 4.68 Å². The number of Topliss-reactive ketones (excluding diaryl/α,β-unsaturated/α-hetero) is 1. The first-order chi connectivity index (χ1) is 8.88. The van der Waals surface area contributed by atoms with Gasteiger partial charge in [-0.15, -0.1) is 5.10 Å². The molecule has 0 saturated heterocycles. The van der Waals surface area contributed by atoms with Crippen molar-refractivity contribution in [2.24, 2.45) is 5.92 Å². The standard InChI is InChI=1S/C11H15F3N4O/c1-7(19)6-8-2-4-9(5-3-8)18-10(11(12,13)14)15-16-17-18/h8-9H,2-6H2,1H3. The van der Waals surface area contributed by atoms with Gasteiger partial charge in [0.25, 0.3) is 5.82 Å². The summed E-state index contributed by atoms with van der Waals surface area (Å²) in [5.41, 5.74) is 0. The fourth-order valence-electron chi connectivity index (χ4n) is 2.63. The molecule has 0 spiro atoms. The predicted molar refractivity (Wildman–Crippen MR) is 59.1 cm³/mol. The van der Waals surface area contributed by atoms with E-state index in [2.05, 4.69) is 15.5 Å². The van der Waals surface area contributed by atoms with E-state index < -0.39 is 12.0 Å². The number of tetrazole rings is 1. The summed E-state index contributed by atoms with van der Waals surface area (Å²) in [4.78, 5) is 11.0. The van der Waals surface area contributed by atoms with Crippen LogP contribution in [0.4, 0.5) is 13.2 Å². The molecule has 1 aromatic rings. The smallest absolute Gasteiger partial charge is 0.300 e. The Labute approximate surface area is 108 Å². The third kappa shape index (κ3) is 3.30. The normalized spacial score (nSPS) is 24.4. The van der Waals surface area contributed by atoms with Crippen molar-refractivity contribution in [3.05, 3.63) is 5.82 Å². The van der Waals surface area contributed by atoms with E-state index in [0.717, 1.165) is 17.5 Å². The zero-order valence-corrected chi connectivity index (χ0v) is 10.5. The van der Waals surface area contributed by atoms with Gasteiger partial charge in [0.1, 0.15) is 5.78 Å². The molecule has 0 bridgehead atoms. The second-order valence-corrected chi connectivity index (χ2v) is 5.03. The topological polar surface area (TPSA) is 60.7 Å². The lowest BCUT2D eigenvalue weighted by Crippen LogP contribution is -2.25. The molecule has 0 radical (unpaired) electrons. The van der Waals surface area contributed by atoms with Gasteiger partial charge in [-0.2, -0.15) is 13.2 Å². The molecule has 1 aliphatic carbocycles. The number of hydrogen-bond donors (Lipinski definition) is 0. The molecule has 106 valence electrons. The van der Waals surface area contributed by atoms with E-state index in [4.69, 9.17) is 0 Å². The molecule has 0 atom stereocenters. The van der Waals surface area contributed by atoms with Gasteiger partial charge in [-0.3, -0.25) is 0 Å². The molecule has 0 N–H and O–H groups in total. The van der Waals surface area contributed by atoms with Gasteiger partial charge in [0.05, 0.1) is 6.04 Å². The predicted octanol–water partition coefficient (Wildman–Crippen LogP) is 2.40. The summed E-state index contributed by atoms with van der Waals surface area (Å²) < 4.78 is 38.9. The molecule has 0 amide bonds. The van der Waals surface area contributed by atoms with Crippen LogP contribution in [-0.4, -0.2) is 26.0 Å². The third-order valence-electron chi connectivity index (χ3n) is 3.48. The second-order valence-electron chi connectivity index (χ2n) is 5.03. The number of ketones is 1. The highest BCUT2D eigenvalue weighted by Gasteiger charge is 2.40. The molecule has 0 aliphatic heterocycles. The maximum atomic E-state index is 12.7. The van der Waals surface area contributed by atoms with Crippen LogP contribution in [-0.2, 0) is 11.0 Å². The number of alkyl halides is 3. The van der Waals surface area contributed by atoms with Crippen LogP contribution in [0.15, 0.2) is 0 Å². The molecular formula is C11H15F3N4O. The van der Waals surface area contributed by atoms with Crippen molar-refractivity contribution in [2.45, 2.75) is 51.2 Å². The molecule has 1 fully saturated rings. The fraction of sp³-hybridized carbons (Fsp3) is 0.818. The zero-order chi connectivity index (χ0) is 14.0. The van der Waals surface area contributed by atoms with Crippen molar-refractivity contribution in [2.75, 3.05) is 0 Å². The highest BCUT2D eigenvalue weighted by molar-refractivity contribution is 5.75. The summed E-state index contributed by atoms with van der Waals surface area (Å²) in [7, 11) is 0. The minimum absolute atomic E-state index is 0.127. The first-order valence-corrected chi connectivity index (χ1v) is 6.22. The molecule has 0 unspecified atom stereocenters. The quantitative estimate of drug-likeness (QED) is 0.850. The highest BCUT2D eigenvalue weighted by atomic mass is 19.4. The van der Waals surface area contributed by atoms with E-state index in [0.29, 0.717) is 19.3 Å². The minimum Gasteiger partial charge on any atom is -0.300 e. The Hall–Kier alpha value is -1.47. The Morgan fingerprint density at radius 3 is 2.47 bits per heavy atom. The molecule has 8 heteroatoms. The lowest BCUT2D eigenvalue weighted by molar-refractivity contribution is -0.149. The number of rotatable bonds is 3. The maximum absolute atomic E-state index is 12.7. The zero-order valence-electron chi connectivity index (χ0n) is 10.5. The van der Waals surface area contributed by atoms with Gasteiger partial charge >= 0.3 is 6.18 Å². The van der Waals surface area contributed by atoms with Crippen LogP contribution >= 0.6 is 0 Å². The Morgan fingerprint density at radius 1 is 1.32 bits per heavy atom. The number of carbonyl (C=O) groups excluding carboxylic acids is 1. The van der Waals surface area contributed by atoms with E-state index in [1.807, 2.05) is 0 Å². The van der Waals surface area contributed by atoms with Crippen molar-refractivity contribution in [1.82, 2.24) is 20.2 Å². The largest absolute Gasteiger partial charge is 0.453 e. The minimum atomic E-state index is -4.53. The van der Waals surface area contributed by atoms with Gasteiger partial charge in [0.2, 0.25) is 0 Å². The SMILES string of the molecule is CC(=O)CC1CCC(n2nnnc2C(F)(F)F)CC1. The van der Waals surface area contributed by atoms with E-state index in [1.54, 1.807) is 0 Å². The van der Waals surface area contributed by atoms with Crippen LogP contribution in [0, 0.1) is 5.92 Å². The van der Waals surface area contributed by atoms with E-state index in [-0.39, 0.29) is 17.7 Å². The number of aromatic nitrogens is 4. The molecule has 0 aromatic carbocycles. The first kappa shape index (κ1) is 14.0. The van der Waals surface area contributed by atoms with Gasteiger partial charge < -0.3 is 4.79 Å². The average molecular weight is 276 g/mol. The maximum Gasteiger partial charge on any atom is 0.453 e. The van der Waals surface area contributed by atoms with Gasteiger partial charge in [-0.1, -0.05) is 0 Å². The first-order valence-electron chi connectivity index (χ1n) is 6.22. The van der Waals surface area contributed by atoms with Gasteiger partial charge in [0.15, 0.2) is 0 Å². The lowest BCUT2D eigenvalue weighted by Gasteiger charge is -2.28. The van der Waals surface area contributed by atoms with Crippen LogP contribution in [0.2, 0.25) is 0 Å². The van der Waals surface area contributed by atoms with Crippen molar-refractivity contribution < 1.29 is 18.0 Å². The molecule has 1 aliphatic rings. The van der Waals surface area contributed by atoms with Crippen LogP contribution in [0.3, 0.4) is 0 Å². The fourth-order valence-corrected chi connectivity index (χ4v) is 2.63. The number of hydrogen-bond acceptors (Lipinski definition) is 4. The summed E-state index contributed by atoms with van der Waals surface area (Å²) in [5.74, 6) is -0.635. The van der Waals surface area contributed by atoms with Crippen LogP contribution in [0.1, 0.15) is 50.9 Å². The van der Waals surface area contributed by atoms with Crippen LogP contribution in [0.25, 0.3) is 0 Å². The monoisotopic (exact) mass is 276 g/mol. The lowest BCUT2D eigenvalue weighted by atomic mass is 9.83. The summed E-state index contributed by atoms with van der Waals surface area (Å²) in [5, 5.41) is 9.63. The van der Waals surface area contributed by atoms with Crippen LogP contribution < -0.4 is 0 Å². The molecule has 1 saturated carbocycles. The van der Waals surface area contributed by atoms with Crippen molar-refractivity contribution in [3.63, 3.8) is 0 Å². The molecule has 1 heterocycles. The van der Waals surface area contributed by atoms with E-state index >= 15 is 0 Å². The molecular weight excluding hydrogens is 261 g/mol. The second kappa shape index (κ2) is 5.26. The number of carbonyl (C=O) groups is 1. The van der Waals surface area contributed by atoms with E-state index in [1.165, 1.54) is 6.92 Å². The van der Waals surface area contributed by atoms with Gasteiger partial charge in [-0.05, 0) is 49.0 Å². The molecule has 1 aromatic heterocycles. The Morgan fingerprint density at radius 2 is 1.95 bits per heavy atom. The summed E-state index contributed by atoms with van der Waals surface area (Å²) in [6.07, 6.45) is -1.39. The summed E-state index contributed by atoms with van der Waals surface area (Å²) in [6.45, 7) is 1.54. The Balaban J connectivity index is 2.02. The molecule has 19 heavy (non-hydrogen) atoms. The number of halogens is 3. The third-order valence-corrected chi connectivity index (χ3v) is 3.48. The molecule has 5 nitrogen and oxygen atoms in total. The van der Waals surface area contributed by atoms with Gasteiger partial charge in [0, 0.05) is 6.42 Å². The summed E-state index contributed by atoms with van der Waals surface area (Å²) in [6, 6.07) is -0.324.